The van der Waals surface area contributed by atoms with Gasteiger partial charge in [-0.1, -0.05) is 0 Å². The van der Waals surface area contributed by atoms with Crippen molar-refractivity contribution >= 4 is 23.3 Å². The first-order valence-electron chi connectivity index (χ1n) is 3.45. The summed E-state index contributed by atoms with van der Waals surface area (Å²) in [6.07, 6.45) is 0. The van der Waals surface area contributed by atoms with E-state index in [9.17, 15) is 9.59 Å². The van der Waals surface area contributed by atoms with Crippen molar-refractivity contribution in [2.75, 3.05) is 0 Å². The van der Waals surface area contributed by atoms with Crippen molar-refractivity contribution in [1.82, 2.24) is 5.32 Å². The van der Waals surface area contributed by atoms with E-state index in [-0.39, 0.29) is 11.4 Å². The van der Waals surface area contributed by atoms with Crippen LogP contribution in [0.3, 0.4) is 0 Å². The first-order valence-corrected chi connectivity index (χ1v) is 4.26. The molecule has 0 aliphatic carbocycles. The van der Waals surface area contributed by atoms with Gasteiger partial charge in [0.05, 0.1) is 6.54 Å². The smallest absolute Gasteiger partial charge is 0.345 e. The molecule has 5 nitrogen and oxygen atoms in total. The van der Waals surface area contributed by atoms with Gasteiger partial charge in [0.15, 0.2) is 0 Å². The van der Waals surface area contributed by atoms with Gasteiger partial charge in [-0.2, -0.15) is 0 Å². The maximum absolute atomic E-state index is 10.5. The summed E-state index contributed by atoms with van der Waals surface area (Å²) in [4.78, 5) is 21.8. The summed E-state index contributed by atoms with van der Waals surface area (Å²) in [5.41, 5.74) is 4.85. The molecule has 0 fully saturated rings. The zero-order chi connectivity index (χ0) is 9.84. The Morgan fingerprint density at radius 2 is 2.23 bits per heavy atom. The molecule has 1 aromatic heterocycles. The summed E-state index contributed by atoms with van der Waals surface area (Å²) in [7, 11) is 0. The Morgan fingerprint density at radius 1 is 1.54 bits per heavy atom. The molecule has 0 spiro atoms. The summed E-state index contributed by atoms with van der Waals surface area (Å²) in [6.45, 7) is 0.271. The van der Waals surface area contributed by atoms with Gasteiger partial charge in [0.25, 0.3) is 0 Å². The summed E-state index contributed by atoms with van der Waals surface area (Å²) in [6, 6.07) is 2.51. The number of rotatable bonds is 3. The molecular formula is C7H8N2O3S. The lowest BCUT2D eigenvalue weighted by Crippen LogP contribution is -2.28. The number of carbonyl (C=O) groups excluding carboxylic acids is 1. The predicted octanol–water partition coefficient (Wildman–Crippen LogP) is 0.615. The van der Waals surface area contributed by atoms with Crippen LogP contribution in [0.4, 0.5) is 4.79 Å². The van der Waals surface area contributed by atoms with Crippen LogP contribution >= 0.6 is 11.3 Å². The molecule has 1 aromatic rings. The molecule has 0 aliphatic heterocycles. The summed E-state index contributed by atoms with van der Waals surface area (Å²) < 4.78 is 0. The normalized spacial score (nSPS) is 9.54. The number of primary amides is 1. The van der Waals surface area contributed by atoms with Gasteiger partial charge >= 0.3 is 12.0 Å². The lowest BCUT2D eigenvalue weighted by Gasteiger charge is -1.96. The van der Waals surface area contributed by atoms with Crippen molar-refractivity contribution in [2.24, 2.45) is 5.73 Å². The Kier molecular flexibility index (Phi) is 2.86. The SMILES string of the molecule is NC(=O)NCc1ccc(C(=O)O)s1. The minimum absolute atomic E-state index is 0.251. The molecule has 0 aliphatic rings. The van der Waals surface area contributed by atoms with E-state index in [2.05, 4.69) is 5.32 Å². The van der Waals surface area contributed by atoms with Gasteiger partial charge in [0.2, 0.25) is 0 Å². The fourth-order valence-corrected chi connectivity index (χ4v) is 1.55. The molecule has 0 bridgehead atoms. The zero-order valence-corrected chi connectivity index (χ0v) is 7.43. The Bertz CT molecular complexity index is 334. The molecule has 1 rings (SSSR count). The van der Waals surface area contributed by atoms with Gasteiger partial charge in [-0.25, -0.2) is 9.59 Å². The number of carbonyl (C=O) groups is 2. The number of carboxylic acid groups (broad SMARTS) is 1. The van der Waals surface area contributed by atoms with E-state index in [1.807, 2.05) is 0 Å². The zero-order valence-electron chi connectivity index (χ0n) is 6.61. The van der Waals surface area contributed by atoms with Crippen LogP contribution in [0, 0.1) is 0 Å². The van der Waals surface area contributed by atoms with E-state index in [1.165, 1.54) is 6.07 Å². The molecular weight excluding hydrogens is 192 g/mol. The number of aromatic carboxylic acids is 1. The second-order valence-corrected chi connectivity index (χ2v) is 3.46. The van der Waals surface area contributed by atoms with Crippen molar-refractivity contribution in [3.05, 3.63) is 21.9 Å². The van der Waals surface area contributed by atoms with E-state index in [0.29, 0.717) is 0 Å². The molecule has 0 radical (unpaired) electrons. The second-order valence-electron chi connectivity index (χ2n) is 2.29. The fourth-order valence-electron chi connectivity index (χ4n) is 0.762. The molecule has 13 heavy (non-hydrogen) atoms. The molecule has 0 unspecified atom stereocenters. The highest BCUT2D eigenvalue weighted by Gasteiger charge is 2.06. The number of hydrogen-bond acceptors (Lipinski definition) is 3. The standard InChI is InChI=1S/C7H8N2O3S/c8-7(12)9-3-4-1-2-5(13-4)6(10)11/h1-2H,3H2,(H,10,11)(H3,8,9,12). The van der Waals surface area contributed by atoms with Crippen LogP contribution in [0.5, 0.6) is 0 Å². The van der Waals surface area contributed by atoms with Crippen LogP contribution in [0.15, 0.2) is 12.1 Å². The third-order valence-electron chi connectivity index (χ3n) is 1.31. The van der Waals surface area contributed by atoms with E-state index in [4.69, 9.17) is 10.8 Å². The predicted molar refractivity (Wildman–Crippen MR) is 47.7 cm³/mol. The minimum atomic E-state index is -0.963. The van der Waals surface area contributed by atoms with Gasteiger partial charge in [0, 0.05) is 4.88 Å². The van der Waals surface area contributed by atoms with E-state index in [0.717, 1.165) is 16.2 Å². The lowest BCUT2D eigenvalue weighted by molar-refractivity contribution is 0.0702. The van der Waals surface area contributed by atoms with Gasteiger partial charge < -0.3 is 16.2 Å². The number of nitrogens with one attached hydrogen (secondary N) is 1. The van der Waals surface area contributed by atoms with Crippen molar-refractivity contribution in [3.8, 4) is 0 Å². The molecule has 2 amide bonds. The topological polar surface area (TPSA) is 92.4 Å². The van der Waals surface area contributed by atoms with Crippen LogP contribution < -0.4 is 11.1 Å². The maximum atomic E-state index is 10.5. The molecule has 0 saturated heterocycles. The Balaban J connectivity index is 2.59. The van der Waals surface area contributed by atoms with E-state index >= 15 is 0 Å². The van der Waals surface area contributed by atoms with E-state index < -0.39 is 12.0 Å². The number of carboxylic acids is 1. The third-order valence-corrected chi connectivity index (χ3v) is 2.38. The first kappa shape index (κ1) is 9.53. The Labute approximate surface area is 78.2 Å². The Morgan fingerprint density at radius 3 is 2.69 bits per heavy atom. The largest absolute Gasteiger partial charge is 0.477 e. The molecule has 1 heterocycles. The van der Waals surface area contributed by atoms with Crippen LogP contribution in [-0.4, -0.2) is 17.1 Å². The van der Waals surface area contributed by atoms with Crippen molar-refractivity contribution in [1.29, 1.82) is 0 Å². The van der Waals surface area contributed by atoms with Gasteiger partial charge in [0.1, 0.15) is 4.88 Å². The average molecular weight is 200 g/mol. The number of thiophene rings is 1. The number of amides is 2. The second kappa shape index (κ2) is 3.90. The molecule has 0 atom stereocenters. The average Bonchev–Trinajstić information content (AvgIpc) is 2.48. The fraction of sp³-hybridized carbons (Fsp3) is 0.143. The number of urea groups is 1. The molecule has 0 aromatic carbocycles. The first-order chi connectivity index (χ1) is 6.09. The number of nitrogens with two attached hydrogens (primary N) is 1. The highest BCUT2D eigenvalue weighted by atomic mass is 32.1. The summed E-state index contributed by atoms with van der Waals surface area (Å²) >= 11 is 1.11. The highest BCUT2D eigenvalue weighted by Crippen LogP contribution is 2.15. The highest BCUT2D eigenvalue weighted by molar-refractivity contribution is 7.13. The molecule has 70 valence electrons. The monoisotopic (exact) mass is 200 g/mol. The van der Waals surface area contributed by atoms with Crippen LogP contribution in [-0.2, 0) is 6.54 Å². The van der Waals surface area contributed by atoms with Gasteiger partial charge in [-0.15, -0.1) is 11.3 Å². The van der Waals surface area contributed by atoms with Crippen LogP contribution in [0.1, 0.15) is 14.5 Å². The summed E-state index contributed by atoms with van der Waals surface area (Å²) in [5.74, 6) is -0.963. The third kappa shape index (κ3) is 2.75. The molecule has 4 N–H and O–H groups in total. The number of hydrogen-bond donors (Lipinski definition) is 3. The molecule has 6 heteroatoms. The van der Waals surface area contributed by atoms with Crippen LogP contribution in [0.25, 0.3) is 0 Å². The van der Waals surface area contributed by atoms with Crippen molar-refractivity contribution in [3.63, 3.8) is 0 Å². The summed E-state index contributed by atoms with van der Waals surface area (Å²) in [5, 5.41) is 10.9. The van der Waals surface area contributed by atoms with Crippen LogP contribution in [0.2, 0.25) is 0 Å². The quantitative estimate of drug-likeness (QED) is 0.667. The van der Waals surface area contributed by atoms with Crippen molar-refractivity contribution in [2.45, 2.75) is 6.54 Å². The Hall–Kier alpha value is -1.56. The minimum Gasteiger partial charge on any atom is -0.477 e. The van der Waals surface area contributed by atoms with Gasteiger partial charge in [-0.3, -0.25) is 0 Å². The van der Waals surface area contributed by atoms with Gasteiger partial charge in [-0.05, 0) is 12.1 Å². The molecule has 0 saturated carbocycles. The maximum Gasteiger partial charge on any atom is 0.345 e. The van der Waals surface area contributed by atoms with Crippen molar-refractivity contribution < 1.29 is 14.7 Å². The lowest BCUT2D eigenvalue weighted by atomic mass is 10.4. The van der Waals surface area contributed by atoms with E-state index in [1.54, 1.807) is 6.07 Å².